The Morgan fingerprint density at radius 1 is 1.53 bits per heavy atom. The van der Waals surface area contributed by atoms with E-state index >= 15 is 0 Å². The Balaban J connectivity index is 2.22. The first-order chi connectivity index (χ1) is 7.14. The highest BCUT2D eigenvalue weighted by molar-refractivity contribution is 7.71. The lowest BCUT2D eigenvalue weighted by Crippen LogP contribution is -2.21. The monoisotopic (exact) mass is 226 g/mol. The molecule has 1 aromatic heterocycles. The number of nitrogens with zero attached hydrogens (tertiary/aromatic N) is 1. The second kappa shape index (κ2) is 4.10. The molecule has 0 aromatic carbocycles. The summed E-state index contributed by atoms with van der Waals surface area (Å²) in [5.41, 5.74) is 1.26. The van der Waals surface area contributed by atoms with Crippen molar-refractivity contribution < 1.29 is 5.11 Å². The molecule has 0 saturated heterocycles. The van der Waals surface area contributed by atoms with Crippen LogP contribution in [0, 0.1) is 10.2 Å². The number of H-pyrrole nitrogens is 1. The normalized spacial score (nSPS) is 19.6. The van der Waals surface area contributed by atoms with E-state index in [0.717, 1.165) is 17.0 Å². The van der Waals surface area contributed by atoms with E-state index in [9.17, 15) is 5.11 Å². The highest BCUT2D eigenvalue weighted by atomic mass is 32.1. The first-order valence-electron chi connectivity index (χ1n) is 5.53. The van der Waals surface area contributed by atoms with Crippen molar-refractivity contribution >= 4 is 12.2 Å². The molecule has 0 amide bonds. The van der Waals surface area contributed by atoms with Crippen molar-refractivity contribution in [2.45, 2.75) is 45.8 Å². The molecule has 84 valence electrons. The van der Waals surface area contributed by atoms with Crippen LogP contribution in [0.15, 0.2) is 6.20 Å². The third-order valence-electron chi connectivity index (χ3n) is 3.47. The van der Waals surface area contributed by atoms with E-state index < -0.39 is 0 Å². The number of hydrogen-bond donors (Lipinski definition) is 2. The summed E-state index contributed by atoms with van der Waals surface area (Å²) in [5.74, 6) is 0. The molecule has 1 aromatic rings. The highest BCUT2D eigenvalue weighted by Crippen LogP contribution is 2.39. The quantitative estimate of drug-likeness (QED) is 0.778. The predicted molar refractivity (Wildman–Crippen MR) is 62.1 cm³/mol. The zero-order valence-corrected chi connectivity index (χ0v) is 9.94. The van der Waals surface area contributed by atoms with Gasteiger partial charge in [0.05, 0.1) is 12.3 Å². The van der Waals surface area contributed by atoms with E-state index in [1.165, 1.54) is 25.7 Å². The van der Waals surface area contributed by atoms with Crippen LogP contribution < -0.4 is 0 Å². The standard InChI is InChI=1S/C11H18N2OS/c1-11(4-2-3-5-11)8-13-9(7-14)6-12-10(13)15/h6,14H,2-5,7-8H2,1H3,(H,12,15). The Kier molecular flexibility index (Phi) is 2.98. The molecule has 1 fully saturated rings. The molecule has 0 aliphatic heterocycles. The van der Waals surface area contributed by atoms with E-state index in [2.05, 4.69) is 11.9 Å². The molecule has 3 nitrogen and oxygen atoms in total. The molecule has 2 N–H and O–H groups in total. The molecule has 1 saturated carbocycles. The lowest BCUT2D eigenvalue weighted by atomic mass is 9.89. The fourth-order valence-corrected chi connectivity index (χ4v) is 2.74. The summed E-state index contributed by atoms with van der Waals surface area (Å²) in [6, 6.07) is 0. The maximum atomic E-state index is 9.20. The maximum absolute atomic E-state index is 9.20. The smallest absolute Gasteiger partial charge is 0.177 e. The molecule has 0 unspecified atom stereocenters. The third-order valence-corrected chi connectivity index (χ3v) is 3.80. The van der Waals surface area contributed by atoms with Gasteiger partial charge in [-0.15, -0.1) is 0 Å². The van der Waals surface area contributed by atoms with Crippen LogP contribution in [0.5, 0.6) is 0 Å². The van der Waals surface area contributed by atoms with Gasteiger partial charge in [-0.2, -0.15) is 0 Å². The van der Waals surface area contributed by atoms with E-state index in [1.54, 1.807) is 6.20 Å². The van der Waals surface area contributed by atoms with Crippen molar-refractivity contribution in [2.75, 3.05) is 0 Å². The fraction of sp³-hybridized carbons (Fsp3) is 0.727. The van der Waals surface area contributed by atoms with Gasteiger partial charge in [-0.25, -0.2) is 0 Å². The Hall–Kier alpha value is -0.610. The molecule has 1 aliphatic rings. The van der Waals surface area contributed by atoms with Crippen molar-refractivity contribution in [1.29, 1.82) is 0 Å². The number of aliphatic hydroxyl groups excluding tert-OH is 1. The summed E-state index contributed by atoms with van der Waals surface area (Å²) in [6.07, 6.45) is 6.99. The number of hydrogen-bond acceptors (Lipinski definition) is 2. The fourth-order valence-electron chi connectivity index (χ4n) is 2.50. The number of aliphatic hydroxyl groups is 1. The van der Waals surface area contributed by atoms with Gasteiger partial charge in [0.15, 0.2) is 4.77 Å². The molecule has 4 heteroatoms. The molecule has 0 radical (unpaired) electrons. The van der Waals surface area contributed by atoms with Crippen molar-refractivity contribution in [3.63, 3.8) is 0 Å². The van der Waals surface area contributed by atoms with Crippen LogP contribution >= 0.6 is 12.2 Å². The summed E-state index contributed by atoms with van der Waals surface area (Å²) in [4.78, 5) is 3.00. The zero-order chi connectivity index (χ0) is 10.9. The van der Waals surface area contributed by atoms with Gasteiger partial charge in [0.25, 0.3) is 0 Å². The van der Waals surface area contributed by atoms with Gasteiger partial charge in [-0.1, -0.05) is 19.8 Å². The van der Waals surface area contributed by atoms with Crippen LogP contribution in [0.4, 0.5) is 0 Å². The second-order valence-electron chi connectivity index (χ2n) is 4.85. The minimum atomic E-state index is 0.0587. The topological polar surface area (TPSA) is 41.0 Å². The first-order valence-corrected chi connectivity index (χ1v) is 5.93. The lowest BCUT2D eigenvalue weighted by molar-refractivity contribution is 0.243. The van der Waals surface area contributed by atoms with Crippen molar-refractivity contribution in [3.05, 3.63) is 16.7 Å². The van der Waals surface area contributed by atoms with Gasteiger partial charge in [-0.3, -0.25) is 0 Å². The number of aromatic amines is 1. The third kappa shape index (κ3) is 2.16. The van der Waals surface area contributed by atoms with E-state index in [-0.39, 0.29) is 6.61 Å². The lowest BCUT2D eigenvalue weighted by Gasteiger charge is -2.24. The molecule has 15 heavy (non-hydrogen) atoms. The SMILES string of the molecule is CC1(Cn2c(CO)c[nH]c2=S)CCCC1. The second-order valence-corrected chi connectivity index (χ2v) is 5.23. The van der Waals surface area contributed by atoms with Crippen LogP contribution in [0.25, 0.3) is 0 Å². The van der Waals surface area contributed by atoms with E-state index in [4.69, 9.17) is 12.2 Å². The maximum Gasteiger partial charge on any atom is 0.177 e. The van der Waals surface area contributed by atoms with Crippen molar-refractivity contribution in [3.8, 4) is 0 Å². The summed E-state index contributed by atoms with van der Waals surface area (Å²) in [5, 5.41) is 9.20. The molecule has 1 aliphatic carbocycles. The zero-order valence-electron chi connectivity index (χ0n) is 9.12. The Bertz CT molecular complexity index is 388. The minimum Gasteiger partial charge on any atom is -0.390 e. The van der Waals surface area contributed by atoms with Crippen molar-refractivity contribution in [2.24, 2.45) is 5.41 Å². The predicted octanol–water partition coefficient (Wildman–Crippen LogP) is 2.62. The number of rotatable bonds is 3. The molecule has 0 bridgehead atoms. The summed E-state index contributed by atoms with van der Waals surface area (Å²) < 4.78 is 2.77. The van der Waals surface area contributed by atoms with Crippen molar-refractivity contribution in [1.82, 2.24) is 9.55 Å². The molecule has 0 atom stereocenters. The van der Waals surface area contributed by atoms with Crippen LogP contribution in [0.2, 0.25) is 0 Å². The van der Waals surface area contributed by atoms with Crippen LogP contribution in [0.1, 0.15) is 38.3 Å². The van der Waals surface area contributed by atoms with Gasteiger partial charge in [-0.05, 0) is 30.5 Å². The van der Waals surface area contributed by atoms with Crippen LogP contribution in [-0.4, -0.2) is 14.7 Å². The highest BCUT2D eigenvalue weighted by Gasteiger charge is 2.29. The van der Waals surface area contributed by atoms with Crippen LogP contribution in [-0.2, 0) is 13.2 Å². The average Bonchev–Trinajstić information content (AvgIpc) is 2.76. The largest absolute Gasteiger partial charge is 0.390 e. The van der Waals surface area contributed by atoms with Gasteiger partial charge in [0.1, 0.15) is 0 Å². The number of aromatic nitrogens is 2. The number of imidazole rings is 1. The van der Waals surface area contributed by atoms with Gasteiger partial charge in [0, 0.05) is 12.7 Å². The Morgan fingerprint density at radius 2 is 2.20 bits per heavy atom. The molecular formula is C11H18N2OS. The van der Waals surface area contributed by atoms with Gasteiger partial charge < -0.3 is 14.7 Å². The van der Waals surface area contributed by atoms with Crippen LogP contribution in [0.3, 0.4) is 0 Å². The van der Waals surface area contributed by atoms with Gasteiger partial charge in [0.2, 0.25) is 0 Å². The molecule has 0 spiro atoms. The summed E-state index contributed by atoms with van der Waals surface area (Å²) in [7, 11) is 0. The van der Waals surface area contributed by atoms with Gasteiger partial charge >= 0.3 is 0 Å². The Morgan fingerprint density at radius 3 is 2.80 bits per heavy atom. The number of nitrogens with one attached hydrogen (secondary N) is 1. The van der Waals surface area contributed by atoms with E-state index in [0.29, 0.717) is 5.41 Å². The molecule has 1 heterocycles. The molecule has 2 rings (SSSR count). The first kappa shape index (κ1) is 10.9. The average molecular weight is 226 g/mol. The summed E-state index contributed by atoms with van der Waals surface area (Å²) >= 11 is 5.22. The molecular weight excluding hydrogens is 208 g/mol. The summed E-state index contributed by atoms with van der Waals surface area (Å²) in [6.45, 7) is 3.31. The van der Waals surface area contributed by atoms with E-state index in [1.807, 2.05) is 4.57 Å². The minimum absolute atomic E-state index is 0.0587. The Labute approximate surface area is 95.1 Å².